The van der Waals surface area contributed by atoms with E-state index in [1.807, 2.05) is 0 Å². The largest absolute Gasteiger partial charge is 0.355 e. The maximum atomic E-state index is 11.4. The second kappa shape index (κ2) is 6.95. The molecule has 1 heterocycles. The van der Waals surface area contributed by atoms with Gasteiger partial charge in [0, 0.05) is 41.8 Å². The summed E-state index contributed by atoms with van der Waals surface area (Å²) in [7, 11) is -0.819. The van der Waals surface area contributed by atoms with Gasteiger partial charge in [-0.25, -0.2) is 0 Å². The van der Waals surface area contributed by atoms with E-state index in [0.29, 0.717) is 24.8 Å². The molecule has 1 rings (SSSR count). The van der Waals surface area contributed by atoms with Gasteiger partial charge in [-0.05, 0) is 19.4 Å². The monoisotopic (exact) mass is 232 g/mol. The van der Waals surface area contributed by atoms with Crippen LogP contribution in [0.4, 0.5) is 0 Å². The van der Waals surface area contributed by atoms with Crippen molar-refractivity contribution in [3.8, 4) is 0 Å². The normalized spacial score (nSPS) is 23.4. The minimum absolute atomic E-state index is 0.0693. The summed E-state index contributed by atoms with van der Waals surface area (Å²) in [6, 6.07) is 0.339. The molecular formula is C10H20N2O2S. The van der Waals surface area contributed by atoms with E-state index < -0.39 is 10.8 Å². The van der Waals surface area contributed by atoms with Crippen LogP contribution in [0.2, 0.25) is 0 Å². The molecule has 0 aromatic heterocycles. The van der Waals surface area contributed by atoms with Crippen molar-refractivity contribution in [3.05, 3.63) is 0 Å². The minimum Gasteiger partial charge on any atom is -0.355 e. The molecule has 88 valence electrons. The minimum atomic E-state index is -0.819. The van der Waals surface area contributed by atoms with Crippen LogP contribution in [0, 0.1) is 0 Å². The third-order valence-corrected chi connectivity index (χ3v) is 3.33. The Morgan fingerprint density at radius 2 is 2.33 bits per heavy atom. The first kappa shape index (κ1) is 12.6. The predicted molar refractivity (Wildman–Crippen MR) is 62.2 cm³/mol. The first-order valence-electron chi connectivity index (χ1n) is 5.48. The Kier molecular flexibility index (Phi) is 5.86. The number of nitrogens with one attached hydrogen (secondary N) is 2. The SMILES string of the molecule is CS(=O)CCNC(=O)CC1CCCCN1. The van der Waals surface area contributed by atoms with Gasteiger partial charge in [0.15, 0.2) is 0 Å². The Morgan fingerprint density at radius 1 is 1.53 bits per heavy atom. The molecule has 1 amide bonds. The molecule has 2 atom stereocenters. The van der Waals surface area contributed by atoms with Crippen molar-refractivity contribution in [3.63, 3.8) is 0 Å². The van der Waals surface area contributed by atoms with E-state index in [4.69, 9.17) is 0 Å². The highest BCUT2D eigenvalue weighted by Gasteiger charge is 2.15. The molecule has 5 heteroatoms. The van der Waals surface area contributed by atoms with Gasteiger partial charge in [0.05, 0.1) is 0 Å². The second-order valence-corrected chi connectivity index (χ2v) is 5.53. The van der Waals surface area contributed by atoms with Crippen LogP contribution < -0.4 is 10.6 Å². The molecule has 0 aromatic carbocycles. The number of hydrogen-bond acceptors (Lipinski definition) is 3. The van der Waals surface area contributed by atoms with Crippen LogP contribution >= 0.6 is 0 Å². The summed E-state index contributed by atoms with van der Waals surface area (Å²) in [5, 5.41) is 6.12. The molecular weight excluding hydrogens is 212 g/mol. The lowest BCUT2D eigenvalue weighted by molar-refractivity contribution is -0.121. The smallest absolute Gasteiger partial charge is 0.221 e. The predicted octanol–water partition coefficient (Wildman–Crippen LogP) is 0.0133. The van der Waals surface area contributed by atoms with Crippen LogP contribution in [0.25, 0.3) is 0 Å². The van der Waals surface area contributed by atoms with Crippen LogP contribution in [0.1, 0.15) is 25.7 Å². The average molecular weight is 232 g/mol. The Balaban J connectivity index is 2.09. The molecule has 0 spiro atoms. The van der Waals surface area contributed by atoms with Crippen molar-refractivity contribution >= 4 is 16.7 Å². The molecule has 4 nitrogen and oxygen atoms in total. The lowest BCUT2D eigenvalue weighted by atomic mass is 10.0. The van der Waals surface area contributed by atoms with E-state index in [9.17, 15) is 9.00 Å². The van der Waals surface area contributed by atoms with E-state index in [0.717, 1.165) is 13.0 Å². The van der Waals surface area contributed by atoms with Crippen molar-refractivity contribution in [1.82, 2.24) is 10.6 Å². The Morgan fingerprint density at radius 3 is 2.93 bits per heavy atom. The maximum Gasteiger partial charge on any atom is 0.221 e. The molecule has 0 bridgehead atoms. The van der Waals surface area contributed by atoms with Gasteiger partial charge in [0.1, 0.15) is 0 Å². The number of amides is 1. The fourth-order valence-corrected chi connectivity index (χ4v) is 2.12. The van der Waals surface area contributed by atoms with Crippen LogP contribution in [-0.4, -0.2) is 41.3 Å². The highest BCUT2D eigenvalue weighted by molar-refractivity contribution is 7.84. The molecule has 2 N–H and O–H groups in total. The highest BCUT2D eigenvalue weighted by Crippen LogP contribution is 2.09. The maximum absolute atomic E-state index is 11.4. The first-order valence-corrected chi connectivity index (χ1v) is 7.21. The summed E-state index contributed by atoms with van der Waals surface area (Å²) in [4.78, 5) is 11.4. The van der Waals surface area contributed by atoms with Crippen LogP contribution in [-0.2, 0) is 15.6 Å². The van der Waals surface area contributed by atoms with Gasteiger partial charge in [0.25, 0.3) is 0 Å². The fraction of sp³-hybridized carbons (Fsp3) is 0.900. The van der Waals surface area contributed by atoms with Crippen molar-refractivity contribution in [2.45, 2.75) is 31.7 Å². The Labute approximate surface area is 93.7 Å². The molecule has 0 radical (unpaired) electrons. The third-order valence-electron chi connectivity index (χ3n) is 2.56. The number of carbonyl (C=O) groups excluding carboxylic acids is 1. The Hall–Kier alpha value is -0.420. The average Bonchev–Trinajstić information content (AvgIpc) is 2.18. The van der Waals surface area contributed by atoms with Gasteiger partial charge in [-0.3, -0.25) is 9.00 Å². The fourth-order valence-electron chi connectivity index (χ4n) is 1.73. The summed E-state index contributed by atoms with van der Waals surface area (Å²) < 4.78 is 10.8. The zero-order chi connectivity index (χ0) is 11.1. The lowest BCUT2D eigenvalue weighted by Gasteiger charge is -2.22. The molecule has 1 aliphatic rings. The Bertz CT molecular complexity index is 227. The third kappa shape index (κ3) is 5.89. The van der Waals surface area contributed by atoms with Gasteiger partial charge in [-0.15, -0.1) is 0 Å². The highest BCUT2D eigenvalue weighted by atomic mass is 32.2. The van der Waals surface area contributed by atoms with Gasteiger partial charge in [-0.2, -0.15) is 0 Å². The number of carbonyl (C=O) groups is 1. The number of piperidine rings is 1. The first-order chi connectivity index (χ1) is 7.18. The van der Waals surface area contributed by atoms with E-state index in [2.05, 4.69) is 10.6 Å². The molecule has 2 unspecified atom stereocenters. The molecule has 0 aliphatic carbocycles. The lowest BCUT2D eigenvalue weighted by Crippen LogP contribution is -2.39. The molecule has 0 aromatic rings. The van der Waals surface area contributed by atoms with Crippen LogP contribution in [0.3, 0.4) is 0 Å². The number of hydrogen-bond donors (Lipinski definition) is 2. The van der Waals surface area contributed by atoms with Crippen molar-refractivity contribution in [1.29, 1.82) is 0 Å². The zero-order valence-corrected chi connectivity index (χ0v) is 10.1. The molecule has 1 aliphatic heterocycles. The number of rotatable bonds is 5. The van der Waals surface area contributed by atoms with Crippen molar-refractivity contribution in [2.75, 3.05) is 25.1 Å². The summed E-state index contributed by atoms with van der Waals surface area (Å²) in [5.74, 6) is 0.615. The van der Waals surface area contributed by atoms with E-state index in [1.165, 1.54) is 12.8 Å². The summed E-state index contributed by atoms with van der Waals surface area (Å²) in [6.07, 6.45) is 5.72. The summed E-state index contributed by atoms with van der Waals surface area (Å²) >= 11 is 0. The van der Waals surface area contributed by atoms with Crippen molar-refractivity contribution in [2.24, 2.45) is 0 Å². The summed E-state index contributed by atoms with van der Waals surface area (Å²) in [5.41, 5.74) is 0. The van der Waals surface area contributed by atoms with E-state index >= 15 is 0 Å². The molecule has 15 heavy (non-hydrogen) atoms. The van der Waals surface area contributed by atoms with Crippen LogP contribution in [0.5, 0.6) is 0 Å². The van der Waals surface area contributed by atoms with Gasteiger partial charge < -0.3 is 10.6 Å². The van der Waals surface area contributed by atoms with E-state index in [-0.39, 0.29) is 5.91 Å². The molecule has 0 saturated carbocycles. The van der Waals surface area contributed by atoms with Crippen molar-refractivity contribution < 1.29 is 9.00 Å². The quantitative estimate of drug-likeness (QED) is 0.702. The molecule has 1 fully saturated rings. The summed E-state index contributed by atoms with van der Waals surface area (Å²) in [6.45, 7) is 1.55. The zero-order valence-electron chi connectivity index (χ0n) is 9.25. The van der Waals surface area contributed by atoms with Gasteiger partial charge in [-0.1, -0.05) is 6.42 Å². The van der Waals surface area contributed by atoms with Crippen LogP contribution in [0.15, 0.2) is 0 Å². The standard InChI is InChI=1S/C10H20N2O2S/c1-15(14)7-6-12-10(13)8-9-4-2-3-5-11-9/h9,11H,2-8H2,1H3,(H,12,13). The van der Waals surface area contributed by atoms with Gasteiger partial charge >= 0.3 is 0 Å². The molecule has 1 saturated heterocycles. The van der Waals surface area contributed by atoms with Gasteiger partial charge in [0.2, 0.25) is 5.91 Å². The van der Waals surface area contributed by atoms with E-state index in [1.54, 1.807) is 6.26 Å². The topological polar surface area (TPSA) is 58.2 Å². The second-order valence-electron chi connectivity index (χ2n) is 3.98.